The number of terminal acetylenes is 1. The predicted octanol–water partition coefficient (Wildman–Crippen LogP) is -0.0360. The molecule has 0 aromatic carbocycles. The Hall–Kier alpha value is -0.570. The zero-order valence-electron chi connectivity index (χ0n) is 7.91. The number of rotatable bonds is 6. The minimum absolute atomic E-state index is 0.0294. The molecule has 0 spiro atoms. The molecule has 4 nitrogen and oxygen atoms in total. The molecule has 13 heavy (non-hydrogen) atoms. The molecule has 0 heterocycles. The van der Waals surface area contributed by atoms with Crippen molar-refractivity contribution in [3.05, 3.63) is 0 Å². The molecule has 0 saturated carbocycles. The summed E-state index contributed by atoms with van der Waals surface area (Å²) in [5, 5.41) is 0. The number of nitrogens with one attached hydrogen (secondary N) is 1. The van der Waals surface area contributed by atoms with Crippen molar-refractivity contribution in [1.29, 1.82) is 0 Å². The van der Waals surface area contributed by atoms with Gasteiger partial charge in [0.25, 0.3) is 0 Å². The number of sulfonamides is 1. The lowest BCUT2D eigenvalue weighted by molar-refractivity contribution is 0.217. The molecule has 0 fully saturated rings. The van der Waals surface area contributed by atoms with E-state index in [9.17, 15) is 8.42 Å². The van der Waals surface area contributed by atoms with Crippen molar-refractivity contribution in [3.8, 4) is 12.3 Å². The molecule has 0 saturated heterocycles. The summed E-state index contributed by atoms with van der Waals surface area (Å²) in [4.78, 5) is 0. The highest BCUT2D eigenvalue weighted by molar-refractivity contribution is 7.89. The van der Waals surface area contributed by atoms with Crippen LogP contribution >= 0.6 is 0 Å². The van der Waals surface area contributed by atoms with Crippen molar-refractivity contribution >= 4 is 10.0 Å². The van der Waals surface area contributed by atoms with E-state index in [1.807, 2.05) is 0 Å². The van der Waals surface area contributed by atoms with Gasteiger partial charge in [0, 0.05) is 19.6 Å². The Morgan fingerprint density at radius 3 is 2.69 bits per heavy atom. The molecule has 0 aliphatic rings. The van der Waals surface area contributed by atoms with Crippen LogP contribution in [-0.2, 0) is 14.8 Å². The molecule has 1 atom stereocenters. The van der Waals surface area contributed by atoms with Crippen molar-refractivity contribution in [2.45, 2.75) is 19.4 Å². The van der Waals surface area contributed by atoms with Gasteiger partial charge in [-0.25, -0.2) is 13.1 Å². The second-order valence-corrected chi connectivity index (χ2v) is 4.61. The van der Waals surface area contributed by atoms with Crippen LogP contribution in [0.2, 0.25) is 0 Å². The summed E-state index contributed by atoms with van der Waals surface area (Å²) in [6, 6.07) is -0.216. The van der Waals surface area contributed by atoms with E-state index in [2.05, 4.69) is 15.4 Å². The Kier molecular flexibility index (Phi) is 5.71. The molecular formula is C8H15NO3S. The van der Waals surface area contributed by atoms with Crippen molar-refractivity contribution < 1.29 is 13.2 Å². The van der Waals surface area contributed by atoms with E-state index in [0.717, 1.165) is 0 Å². The van der Waals surface area contributed by atoms with Crippen LogP contribution in [0.5, 0.6) is 0 Å². The lowest BCUT2D eigenvalue weighted by Gasteiger charge is -2.10. The molecule has 0 amide bonds. The number of methoxy groups -OCH3 is 1. The molecule has 0 radical (unpaired) electrons. The molecule has 0 aromatic heterocycles. The Balaban J connectivity index is 3.96. The number of hydrogen-bond donors (Lipinski definition) is 1. The summed E-state index contributed by atoms with van der Waals surface area (Å²) in [5.41, 5.74) is 0. The largest absolute Gasteiger partial charge is 0.384 e. The third-order valence-corrected chi connectivity index (χ3v) is 2.83. The monoisotopic (exact) mass is 205 g/mol. The van der Waals surface area contributed by atoms with Crippen molar-refractivity contribution in [2.75, 3.05) is 19.5 Å². The third kappa shape index (κ3) is 6.58. The van der Waals surface area contributed by atoms with Gasteiger partial charge in [0.2, 0.25) is 10.0 Å². The second kappa shape index (κ2) is 5.97. The SMILES string of the molecule is C#CCC(C)NS(=O)(=O)CCOC. The maximum absolute atomic E-state index is 11.2. The third-order valence-electron chi connectivity index (χ3n) is 1.36. The Labute approximate surface area is 79.7 Å². The average Bonchev–Trinajstić information content (AvgIpc) is 2.00. The Bertz CT molecular complexity index is 266. The van der Waals surface area contributed by atoms with Crippen LogP contribution in [0.25, 0.3) is 0 Å². The zero-order valence-corrected chi connectivity index (χ0v) is 8.73. The van der Waals surface area contributed by atoms with Gasteiger partial charge in [-0.2, -0.15) is 0 Å². The molecule has 0 aliphatic heterocycles. The van der Waals surface area contributed by atoms with Crippen molar-refractivity contribution in [1.82, 2.24) is 4.72 Å². The van der Waals surface area contributed by atoms with Crippen LogP contribution in [0, 0.1) is 12.3 Å². The number of ether oxygens (including phenoxy) is 1. The highest BCUT2D eigenvalue weighted by atomic mass is 32.2. The summed E-state index contributed by atoms with van der Waals surface area (Å²) >= 11 is 0. The predicted molar refractivity (Wildman–Crippen MR) is 51.7 cm³/mol. The van der Waals surface area contributed by atoms with E-state index in [1.54, 1.807) is 6.92 Å². The van der Waals surface area contributed by atoms with E-state index in [-0.39, 0.29) is 18.4 Å². The second-order valence-electron chi connectivity index (χ2n) is 2.74. The molecule has 1 N–H and O–H groups in total. The van der Waals surface area contributed by atoms with Crippen LogP contribution in [0.3, 0.4) is 0 Å². The van der Waals surface area contributed by atoms with Crippen LogP contribution in [0.1, 0.15) is 13.3 Å². The normalized spacial score (nSPS) is 13.6. The van der Waals surface area contributed by atoms with E-state index >= 15 is 0 Å². The summed E-state index contributed by atoms with van der Waals surface area (Å²) in [6.45, 7) is 1.92. The Morgan fingerprint density at radius 1 is 1.62 bits per heavy atom. The first-order valence-corrected chi connectivity index (χ1v) is 5.59. The Morgan fingerprint density at radius 2 is 2.23 bits per heavy atom. The van der Waals surface area contributed by atoms with E-state index in [0.29, 0.717) is 6.42 Å². The first kappa shape index (κ1) is 12.4. The van der Waals surface area contributed by atoms with Gasteiger partial charge in [0.05, 0.1) is 12.4 Å². The molecule has 0 aliphatic carbocycles. The molecule has 5 heteroatoms. The molecule has 0 rings (SSSR count). The summed E-state index contributed by atoms with van der Waals surface area (Å²) in [5.74, 6) is 2.36. The summed E-state index contributed by atoms with van der Waals surface area (Å²) in [7, 11) is -1.78. The topological polar surface area (TPSA) is 55.4 Å². The van der Waals surface area contributed by atoms with Gasteiger partial charge in [-0.3, -0.25) is 0 Å². The van der Waals surface area contributed by atoms with Gasteiger partial charge in [0.15, 0.2) is 0 Å². The number of hydrogen-bond acceptors (Lipinski definition) is 3. The molecule has 0 aromatic rings. The van der Waals surface area contributed by atoms with Crippen LogP contribution in [0.4, 0.5) is 0 Å². The van der Waals surface area contributed by atoms with E-state index in [1.165, 1.54) is 7.11 Å². The minimum atomic E-state index is -3.24. The fraction of sp³-hybridized carbons (Fsp3) is 0.750. The average molecular weight is 205 g/mol. The van der Waals surface area contributed by atoms with Gasteiger partial charge in [-0.15, -0.1) is 12.3 Å². The van der Waals surface area contributed by atoms with Crippen LogP contribution in [0.15, 0.2) is 0 Å². The standard InChI is InChI=1S/C8H15NO3S/c1-4-5-8(2)9-13(10,11)7-6-12-3/h1,8-9H,5-7H2,2-3H3. The smallest absolute Gasteiger partial charge is 0.214 e. The van der Waals surface area contributed by atoms with Crippen molar-refractivity contribution in [2.24, 2.45) is 0 Å². The van der Waals surface area contributed by atoms with Crippen molar-refractivity contribution in [3.63, 3.8) is 0 Å². The van der Waals surface area contributed by atoms with E-state index in [4.69, 9.17) is 6.42 Å². The van der Waals surface area contributed by atoms with Crippen LogP contribution in [-0.4, -0.2) is 33.9 Å². The highest BCUT2D eigenvalue weighted by Gasteiger charge is 2.12. The van der Waals surface area contributed by atoms with Gasteiger partial charge in [-0.05, 0) is 6.92 Å². The molecule has 76 valence electrons. The van der Waals surface area contributed by atoms with Gasteiger partial charge >= 0.3 is 0 Å². The summed E-state index contributed by atoms with van der Waals surface area (Å²) < 4.78 is 29.5. The summed E-state index contributed by atoms with van der Waals surface area (Å²) in [6.07, 6.45) is 5.43. The fourth-order valence-electron chi connectivity index (χ4n) is 0.777. The van der Waals surface area contributed by atoms with Gasteiger partial charge in [0.1, 0.15) is 0 Å². The van der Waals surface area contributed by atoms with E-state index < -0.39 is 10.0 Å². The zero-order chi connectivity index (χ0) is 10.3. The molecule has 0 bridgehead atoms. The lowest BCUT2D eigenvalue weighted by Crippen LogP contribution is -2.35. The highest BCUT2D eigenvalue weighted by Crippen LogP contribution is 1.93. The maximum Gasteiger partial charge on any atom is 0.214 e. The maximum atomic E-state index is 11.2. The first-order chi connectivity index (χ1) is 6.02. The quantitative estimate of drug-likeness (QED) is 0.619. The lowest BCUT2D eigenvalue weighted by atomic mass is 10.3. The molecule has 1 unspecified atom stereocenters. The first-order valence-electron chi connectivity index (χ1n) is 3.94. The molecular weight excluding hydrogens is 190 g/mol. The fourth-order valence-corrected chi connectivity index (χ4v) is 1.98. The minimum Gasteiger partial charge on any atom is -0.384 e. The van der Waals surface area contributed by atoms with Crippen LogP contribution < -0.4 is 4.72 Å². The van der Waals surface area contributed by atoms with Gasteiger partial charge in [-0.1, -0.05) is 0 Å². The van der Waals surface area contributed by atoms with Gasteiger partial charge < -0.3 is 4.74 Å².